The second-order valence-electron chi connectivity index (χ2n) is 36.5. The Kier molecular flexibility index (Phi) is 18.6. The number of imidazole rings is 3. The quantitative estimate of drug-likeness (QED) is 0.106. The molecular formula is C129H84N6S3. The number of benzene rings is 24. The minimum Gasteiger partial charge on any atom is -0.294 e. The van der Waals surface area contributed by atoms with Gasteiger partial charge in [-0.15, -0.1) is 0 Å². The Labute approximate surface area is 809 Å². The first kappa shape index (κ1) is 80.3. The van der Waals surface area contributed by atoms with Crippen LogP contribution in [0.2, 0.25) is 0 Å². The van der Waals surface area contributed by atoms with Gasteiger partial charge in [-0.05, 0) is 287 Å². The molecule has 6 nitrogen and oxygen atoms in total. The minimum absolute atomic E-state index is 0.878. The zero-order chi connectivity index (χ0) is 91.1. The van der Waals surface area contributed by atoms with Gasteiger partial charge in [0.1, 0.15) is 17.5 Å². The number of aryl methyl sites for hydroxylation is 3. The Morgan fingerprint density at radius 1 is 0.181 bits per heavy atom. The van der Waals surface area contributed by atoms with E-state index in [1.165, 1.54) is 259 Å². The van der Waals surface area contributed by atoms with Gasteiger partial charge < -0.3 is 0 Å². The van der Waals surface area contributed by atoms with Gasteiger partial charge in [0.2, 0.25) is 0 Å². The van der Waals surface area contributed by atoms with Crippen LogP contribution in [0.1, 0.15) is 38.2 Å². The number of rotatable bonds is 9. The predicted octanol–water partition coefficient (Wildman–Crippen LogP) is 36.0. The van der Waals surface area contributed by atoms with Crippen molar-refractivity contribution in [3.05, 3.63) is 436 Å². The highest BCUT2D eigenvalue weighted by atomic mass is 32.2. The van der Waals surface area contributed by atoms with Crippen LogP contribution in [0.4, 0.5) is 0 Å². The Morgan fingerprint density at radius 3 is 0.804 bits per heavy atom. The molecule has 9 heteroatoms. The molecule has 0 saturated heterocycles. The van der Waals surface area contributed by atoms with Gasteiger partial charge >= 0.3 is 0 Å². The van der Waals surface area contributed by atoms with Crippen molar-refractivity contribution in [2.75, 3.05) is 0 Å². The molecule has 3 aromatic heterocycles. The molecule has 0 unspecified atom stereocenters. The summed E-state index contributed by atoms with van der Waals surface area (Å²) in [4.78, 5) is 22.7. The summed E-state index contributed by atoms with van der Waals surface area (Å²) in [7, 11) is 0. The van der Waals surface area contributed by atoms with Crippen molar-refractivity contribution in [3.63, 3.8) is 0 Å². The summed E-state index contributed by atoms with van der Waals surface area (Å²) in [5.74, 6) is 3.32. The Bertz CT molecular complexity index is 9760. The third kappa shape index (κ3) is 12.4. The Hall–Kier alpha value is -16.1. The summed E-state index contributed by atoms with van der Waals surface area (Å²) >= 11 is 5.55. The highest BCUT2D eigenvalue weighted by Gasteiger charge is 2.31. The van der Waals surface area contributed by atoms with Gasteiger partial charge in [-0.1, -0.05) is 384 Å². The van der Waals surface area contributed by atoms with Crippen LogP contribution in [-0.2, 0) is 19.3 Å². The normalized spacial score (nSPS) is 12.5. The Morgan fingerprint density at radius 2 is 0.435 bits per heavy atom. The lowest BCUT2D eigenvalue weighted by Gasteiger charge is -2.23. The number of hydrogen-bond donors (Lipinski definition) is 0. The first-order valence-corrected chi connectivity index (χ1v) is 50.3. The number of fused-ring (bicyclic) bond motifs is 21. The fourth-order valence-corrected chi connectivity index (χ4v) is 26.3. The maximum Gasteiger partial charge on any atom is 0.114 e. The molecule has 0 atom stereocenters. The smallest absolute Gasteiger partial charge is 0.114 e. The first-order chi connectivity index (χ1) is 68.3. The zero-order valence-electron chi connectivity index (χ0n) is 75.9. The summed E-state index contributed by atoms with van der Waals surface area (Å²) in [6, 6.07) is 155. The summed E-state index contributed by atoms with van der Waals surface area (Å²) in [5.41, 5.74) is 25.7. The first-order valence-electron chi connectivity index (χ1n) is 47.9. The lowest BCUT2D eigenvalue weighted by Crippen LogP contribution is -2.06. The minimum atomic E-state index is 0.878. The average molecular weight is 1810 g/mol. The van der Waals surface area contributed by atoms with E-state index in [-0.39, 0.29) is 0 Å². The second kappa shape index (κ2) is 32.0. The van der Waals surface area contributed by atoms with E-state index in [4.69, 9.17) is 15.0 Å². The fraction of sp³-hybridized carbons (Fsp3) is 0.0465. The maximum atomic E-state index is 5.05. The van der Waals surface area contributed by atoms with Crippen LogP contribution in [-0.4, -0.2) is 28.7 Å². The third-order valence-corrected chi connectivity index (χ3v) is 32.4. The molecule has 0 N–H and O–H groups in total. The molecule has 0 radical (unpaired) electrons. The molecule has 6 heterocycles. The molecule has 0 aliphatic carbocycles. The van der Waals surface area contributed by atoms with Gasteiger partial charge in [-0.2, -0.15) is 0 Å². The molecule has 0 amide bonds. The summed E-state index contributed by atoms with van der Waals surface area (Å²) < 4.78 is 7.20. The van der Waals surface area contributed by atoms with Crippen molar-refractivity contribution < 1.29 is 0 Å². The average Bonchev–Trinajstić information content (AvgIpc) is 1.36. The molecular weight excluding hydrogens is 1730 g/mol. The highest BCUT2D eigenvalue weighted by molar-refractivity contribution is 8.00. The van der Waals surface area contributed by atoms with Gasteiger partial charge in [0.15, 0.2) is 0 Å². The molecule has 138 heavy (non-hydrogen) atoms. The fourth-order valence-electron chi connectivity index (χ4n) is 23.1. The summed E-state index contributed by atoms with van der Waals surface area (Å²) in [5, 5.41) is 30.6. The standard InChI is InChI=1S/3C43H28N2S/c1-2-40-44-36-16-9-17-39-43(36)45(40)37-25-29(21-23-38(37)46-39)42-34-14-7-5-12-32(34)41(33-13-6-8-15-35(33)42)28-20-22-31-27(24-28)19-18-26-10-3-4-11-30(26)31;1-2-40-44-36-16-9-17-39-43(36)45(40)37-25-29(22-23-38(37)46-39)42-33-14-7-5-12-31(33)41(32-13-6-8-15-34(32)42)28-21-20-27-19-18-26-10-3-4-11-30(26)35(27)24-28;1-2-40-44-36-20-11-21-39-43(36)45(40)37-25-27(22-23-38(37)46-39)41-31-16-7-9-18-33(31)42(34-19-10-8-17-32(34)41)35-24-26-12-3-4-13-28(26)29-14-5-6-15-30(29)35/h3*3-25H,2H2,1H3. The van der Waals surface area contributed by atoms with Crippen molar-refractivity contribution in [1.29, 1.82) is 0 Å². The van der Waals surface area contributed by atoms with E-state index in [0.29, 0.717) is 0 Å². The number of aromatic nitrogens is 6. The molecule has 24 aromatic carbocycles. The van der Waals surface area contributed by atoms with Crippen molar-refractivity contribution in [2.45, 2.75) is 69.4 Å². The summed E-state index contributed by atoms with van der Waals surface area (Å²) in [6.07, 6.45) is 2.64. The van der Waals surface area contributed by atoms with Crippen LogP contribution in [0.3, 0.4) is 0 Å². The molecule has 0 bridgehead atoms. The second-order valence-corrected chi connectivity index (χ2v) is 39.8. The van der Waals surface area contributed by atoms with Crippen molar-refractivity contribution >= 4 is 198 Å². The van der Waals surface area contributed by atoms with E-state index in [1.807, 2.05) is 35.3 Å². The van der Waals surface area contributed by atoms with E-state index in [0.717, 1.165) is 53.3 Å². The van der Waals surface area contributed by atoms with E-state index >= 15 is 0 Å². The van der Waals surface area contributed by atoms with E-state index in [1.54, 1.807) is 0 Å². The van der Waals surface area contributed by atoms with E-state index in [2.05, 4.69) is 453 Å². The van der Waals surface area contributed by atoms with Crippen molar-refractivity contribution in [2.24, 2.45) is 0 Å². The van der Waals surface area contributed by atoms with Crippen molar-refractivity contribution in [1.82, 2.24) is 28.7 Å². The summed E-state index contributed by atoms with van der Waals surface area (Å²) in [6.45, 7) is 6.60. The van der Waals surface area contributed by atoms with E-state index < -0.39 is 0 Å². The SMILES string of the molecule is CCc1nc2cccc3c2n1-c1cc(-c2c4ccccc4c(-c4cc5ccccc5c5ccccc45)c4ccccc24)ccc1S3.CCc1nc2cccc3c2n1-c1cc(-c2c4ccccc4c(-c4ccc5c(ccc6ccccc65)c4)c4ccccc24)ccc1S3.CCc1nc2cccc3c2n1-c1cc(-c2c4ccccc4c(-c4ccc5ccc6ccccc6c5c4)c4ccccc24)ccc1S3. The molecule has 27 aromatic rings. The maximum absolute atomic E-state index is 5.05. The molecule has 3 aliphatic rings. The van der Waals surface area contributed by atoms with Crippen LogP contribution in [0.5, 0.6) is 0 Å². The number of nitrogens with zero attached hydrogens (tertiary/aromatic N) is 6. The van der Waals surface area contributed by atoms with Gasteiger partial charge in [0.05, 0.1) is 50.2 Å². The topological polar surface area (TPSA) is 53.5 Å². The van der Waals surface area contributed by atoms with Crippen LogP contribution < -0.4 is 0 Å². The van der Waals surface area contributed by atoms with Crippen LogP contribution >= 0.6 is 35.3 Å². The van der Waals surface area contributed by atoms with Crippen LogP contribution in [0.15, 0.2) is 448 Å². The third-order valence-electron chi connectivity index (χ3n) is 29.1. The molecule has 0 saturated carbocycles. The monoisotopic (exact) mass is 1810 g/mol. The molecule has 648 valence electrons. The zero-order valence-corrected chi connectivity index (χ0v) is 78.3. The van der Waals surface area contributed by atoms with Gasteiger partial charge in [0, 0.05) is 48.6 Å². The lowest BCUT2D eigenvalue weighted by atomic mass is 9.84. The predicted molar refractivity (Wildman–Crippen MR) is 586 cm³/mol. The van der Waals surface area contributed by atoms with Gasteiger partial charge in [0.25, 0.3) is 0 Å². The largest absolute Gasteiger partial charge is 0.294 e. The highest BCUT2D eigenvalue weighted by Crippen LogP contribution is 2.55. The lowest BCUT2D eigenvalue weighted by molar-refractivity contribution is 0.888. The van der Waals surface area contributed by atoms with E-state index in [9.17, 15) is 0 Å². The van der Waals surface area contributed by atoms with Crippen LogP contribution in [0.25, 0.3) is 246 Å². The Balaban J connectivity index is 0.000000102. The molecule has 3 aliphatic heterocycles. The number of hydrogen-bond acceptors (Lipinski definition) is 6. The van der Waals surface area contributed by atoms with Gasteiger partial charge in [-0.25, -0.2) is 15.0 Å². The molecule has 0 spiro atoms. The van der Waals surface area contributed by atoms with Crippen molar-refractivity contribution in [3.8, 4) is 83.8 Å². The molecule has 30 rings (SSSR count). The van der Waals surface area contributed by atoms with Gasteiger partial charge in [-0.3, -0.25) is 13.7 Å². The molecule has 0 fully saturated rings. The number of para-hydroxylation sites is 3. The van der Waals surface area contributed by atoms with Crippen LogP contribution in [0, 0.1) is 0 Å².